The molecule has 3 aliphatic heterocycles. The van der Waals surface area contributed by atoms with Crippen molar-refractivity contribution in [1.82, 2.24) is 10.2 Å². The molecule has 4 rings (SSSR count). The molecule has 0 amide bonds. The lowest BCUT2D eigenvalue weighted by molar-refractivity contribution is 0.185. The number of rotatable bonds is 4. The molecule has 0 aromatic rings. The second kappa shape index (κ2) is 9.81. The Labute approximate surface area is 187 Å². The Morgan fingerprint density at radius 3 is 2.64 bits per heavy atom. The monoisotopic (exact) mass is 525 g/mol. The van der Waals surface area contributed by atoms with E-state index in [9.17, 15) is 8.42 Å². The van der Waals surface area contributed by atoms with Gasteiger partial charge in [0.15, 0.2) is 15.8 Å². The number of guanidine groups is 1. The van der Waals surface area contributed by atoms with E-state index in [0.29, 0.717) is 29.4 Å². The molecule has 8 heteroatoms. The Hall–Kier alpha value is -0.0900. The summed E-state index contributed by atoms with van der Waals surface area (Å²) in [5, 5.41) is 3.62. The molecule has 162 valence electrons. The van der Waals surface area contributed by atoms with E-state index in [4.69, 9.17) is 9.73 Å². The normalized spacial score (nSPS) is 31.9. The zero-order chi connectivity index (χ0) is 18.7. The Kier molecular flexibility index (Phi) is 7.92. The van der Waals surface area contributed by atoms with Crippen LogP contribution in [0.1, 0.15) is 51.4 Å². The number of likely N-dealkylation sites (tertiary alicyclic amines) is 1. The van der Waals surface area contributed by atoms with Crippen LogP contribution < -0.4 is 5.32 Å². The molecule has 1 saturated carbocycles. The van der Waals surface area contributed by atoms with Gasteiger partial charge in [-0.25, -0.2) is 8.42 Å². The molecule has 3 saturated heterocycles. The van der Waals surface area contributed by atoms with Crippen LogP contribution in [0.25, 0.3) is 0 Å². The first-order chi connectivity index (χ1) is 13.0. The first-order valence-electron chi connectivity index (χ1n) is 10.9. The quantitative estimate of drug-likeness (QED) is 0.347. The average Bonchev–Trinajstić information content (AvgIpc) is 3.37. The fourth-order valence-electron chi connectivity index (χ4n) is 5.31. The van der Waals surface area contributed by atoms with Crippen molar-refractivity contribution in [2.24, 2.45) is 22.2 Å². The predicted molar refractivity (Wildman–Crippen MR) is 123 cm³/mol. The van der Waals surface area contributed by atoms with Crippen LogP contribution in [0.2, 0.25) is 0 Å². The van der Waals surface area contributed by atoms with Crippen LogP contribution in [0.15, 0.2) is 4.99 Å². The van der Waals surface area contributed by atoms with Gasteiger partial charge in [-0.1, -0.05) is 19.3 Å². The molecule has 0 aromatic heterocycles. The maximum atomic E-state index is 11.8. The highest BCUT2D eigenvalue weighted by Gasteiger charge is 2.40. The Morgan fingerprint density at radius 2 is 1.96 bits per heavy atom. The van der Waals surface area contributed by atoms with Gasteiger partial charge in [-0.15, -0.1) is 24.0 Å². The van der Waals surface area contributed by atoms with Crippen molar-refractivity contribution >= 4 is 39.8 Å². The minimum Gasteiger partial charge on any atom is -0.381 e. The van der Waals surface area contributed by atoms with Crippen LogP contribution in [0.5, 0.6) is 0 Å². The van der Waals surface area contributed by atoms with E-state index in [1.807, 2.05) is 0 Å². The lowest BCUT2D eigenvalue weighted by atomic mass is 9.73. The van der Waals surface area contributed by atoms with Crippen molar-refractivity contribution in [2.75, 3.05) is 50.9 Å². The molecule has 3 heterocycles. The van der Waals surface area contributed by atoms with Crippen molar-refractivity contribution < 1.29 is 13.2 Å². The molecule has 1 aliphatic carbocycles. The molecule has 28 heavy (non-hydrogen) atoms. The first-order valence-corrected chi connectivity index (χ1v) is 12.7. The van der Waals surface area contributed by atoms with Crippen LogP contribution in [0.3, 0.4) is 0 Å². The number of hydrogen-bond donors (Lipinski definition) is 1. The van der Waals surface area contributed by atoms with Gasteiger partial charge in [-0.2, -0.15) is 0 Å². The largest absolute Gasteiger partial charge is 0.381 e. The molecular weight excluding hydrogens is 489 g/mol. The number of sulfone groups is 1. The molecule has 1 N–H and O–H groups in total. The summed E-state index contributed by atoms with van der Waals surface area (Å²) in [5.74, 6) is 2.40. The maximum absolute atomic E-state index is 11.8. The average molecular weight is 525 g/mol. The molecule has 4 fully saturated rings. The minimum atomic E-state index is -2.83. The topological polar surface area (TPSA) is 71.0 Å². The van der Waals surface area contributed by atoms with E-state index >= 15 is 0 Å². The fraction of sp³-hybridized carbons (Fsp3) is 0.950. The van der Waals surface area contributed by atoms with Gasteiger partial charge in [-0.3, -0.25) is 4.99 Å². The Bertz CT molecular complexity index is 643. The Morgan fingerprint density at radius 1 is 1.14 bits per heavy atom. The molecule has 1 spiro atoms. The maximum Gasteiger partial charge on any atom is 0.193 e. The second-order valence-corrected chi connectivity index (χ2v) is 11.5. The van der Waals surface area contributed by atoms with Crippen molar-refractivity contribution in [3.63, 3.8) is 0 Å². The number of ether oxygens (including phenoxy) is 1. The lowest BCUT2D eigenvalue weighted by Crippen LogP contribution is -2.43. The summed E-state index contributed by atoms with van der Waals surface area (Å²) in [4.78, 5) is 7.37. The summed E-state index contributed by atoms with van der Waals surface area (Å²) in [6, 6.07) is 0. The van der Waals surface area contributed by atoms with Gasteiger partial charge in [0, 0.05) is 38.7 Å². The fourth-order valence-corrected chi connectivity index (χ4v) is 7.15. The minimum absolute atomic E-state index is 0. The predicted octanol–water partition coefficient (Wildman–Crippen LogP) is 2.68. The van der Waals surface area contributed by atoms with E-state index in [1.54, 1.807) is 0 Å². The summed E-state index contributed by atoms with van der Waals surface area (Å²) in [5.41, 5.74) is 0.494. The highest BCUT2D eigenvalue weighted by atomic mass is 127. The van der Waals surface area contributed by atoms with Gasteiger partial charge >= 0.3 is 0 Å². The third-order valence-electron chi connectivity index (χ3n) is 7.05. The molecule has 0 radical (unpaired) electrons. The molecule has 4 aliphatic rings. The zero-order valence-electron chi connectivity index (χ0n) is 16.9. The summed E-state index contributed by atoms with van der Waals surface area (Å²) >= 11 is 0. The molecule has 2 unspecified atom stereocenters. The molecule has 2 atom stereocenters. The lowest BCUT2D eigenvalue weighted by Gasteiger charge is -2.34. The smallest absolute Gasteiger partial charge is 0.193 e. The first kappa shape index (κ1) is 22.6. The van der Waals surface area contributed by atoms with Crippen LogP contribution in [0.4, 0.5) is 0 Å². The number of halogens is 1. The Balaban J connectivity index is 0.00000225. The second-order valence-electron chi connectivity index (χ2n) is 9.28. The van der Waals surface area contributed by atoms with Crippen molar-refractivity contribution in [3.8, 4) is 0 Å². The number of aliphatic imine (C=N–C) groups is 1. The molecule has 6 nitrogen and oxygen atoms in total. The molecular formula is C20H36IN3O3S. The summed E-state index contributed by atoms with van der Waals surface area (Å²) in [7, 11) is -2.83. The number of nitrogens with one attached hydrogen (secondary N) is 1. The zero-order valence-corrected chi connectivity index (χ0v) is 20.1. The molecule has 0 bridgehead atoms. The van der Waals surface area contributed by atoms with Crippen molar-refractivity contribution in [1.29, 1.82) is 0 Å². The summed E-state index contributed by atoms with van der Waals surface area (Å²) < 4.78 is 29.0. The van der Waals surface area contributed by atoms with Gasteiger partial charge in [-0.05, 0) is 43.4 Å². The van der Waals surface area contributed by atoms with Crippen LogP contribution in [0, 0.1) is 17.3 Å². The highest BCUT2D eigenvalue weighted by Crippen LogP contribution is 2.43. The van der Waals surface area contributed by atoms with E-state index in [0.717, 1.165) is 51.6 Å². The molecule has 0 aromatic carbocycles. The highest BCUT2D eigenvalue weighted by molar-refractivity contribution is 14.0. The van der Waals surface area contributed by atoms with Crippen LogP contribution in [-0.2, 0) is 14.6 Å². The van der Waals surface area contributed by atoms with E-state index < -0.39 is 9.84 Å². The summed E-state index contributed by atoms with van der Waals surface area (Å²) in [6.07, 6.45) is 9.99. The van der Waals surface area contributed by atoms with Gasteiger partial charge in [0.25, 0.3) is 0 Å². The van der Waals surface area contributed by atoms with Gasteiger partial charge in [0.05, 0.1) is 18.1 Å². The van der Waals surface area contributed by atoms with E-state index in [-0.39, 0.29) is 29.9 Å². The van der Waals surface area contributed by atoms with Gasteiger partial charge in [0.2, 0.25) is 0 Å². The van der Waals surface area contributed by atoms with Crippen LogP contribution >= 0.6 is 24.0 Å². The number of nitrogens with zero attached hydrogens (tertiary/aromatic N) is 2. The van der Waals surface area contributed by atoms with Crippen molar-refractivity contribution in [2.45, 2.75) is 51.4 Å². The standard InChI is InChI=1S/C20H35N3O3S.HI/c24-27(25)11-5-18(15-27)13-22-19(21-12-17-4-10-26-14-17)23-9-8-20(16-23)6-2-1-3-7-20;/h17-18H,1-16H2,(H,21,22);1H. The van der Waals surface area contributed by atoms with Gasteiger partial charge in [0.1, 0.15) is 0 Å². The van der Waals surface area contributed by atoms with Gasteiger partial charge < -0.3 is 15.0 Å². The summed E-state index contributed by atoms with van der Waals surface area (Å²) in [6.45, 7) is 5.44. The van der Waals surface area contributed by atoms with Crippen molar-refractivity contribution in [3.05, 3.63) is 0 Å². The van der Waals surface area contributed by atoms with E-state index in [2.05, 4.69) is 10.2 Å². The third kappa shape index (κ3) is 5.74. The number of hydrogen-bond acceptors (Lipinski definition) is 4. The van der Waals surface area contributed by atoms with E-state index in [1.165, 1.54) is 38.5 Å². The SMILES string of the molecule is I.O=S1(=O)CCC(CN=C(NCC2CCOC2)N2CCC3(CCCCC3)C2)C1. The third-order valence-corrected chi connectivity index (χ3v) is 8.89. The van der Waals surface area contributed by atoms with Crippen LogP contribution in [-0.4, -0.2) is 70.2 Å².